The summed E-state index contributed by atoms with van der Waals surface area (Å²) in [5.74, 6) is 0. The highest BCUT2D eigenvalue weighted by molar-refractivity contribution is 7.10. The monoisotopic (exact) mass is 197 g/mol. The lowest BCUT2D eigenvalue weighted by molar-refractivity contribution is 0.0340. The fourth-order valence-electron chi connectivity index (χ4n) is 1.75. The fraction of sp³-hybridized carbons (Fsp3) is 0.600. The summed E-state index contributed by atoms with van der Waals surface area (Å²) in [5.41, 5.74) is 1.40. The van der Waals surface area contributed by atoms with Gasteiger partial charge in [0.05, 0.1) is 0 Å². The van der Waals surface area contributed by atoms with Crippen LogP contribution in [0.4, 0.5) is 0 Å². The Balaban J connectivity index is 2.25. The summed E-state index contributed by atoms with van der Waals surface area (Å²) in [6.45, 7) is 6.01. The smallest absolute Gasteiger partial charge is 0.107 e. The zero-order valence-corrected chi connectivity index (χ0v) is 8.86. The third-order valence-electron chi connectivity index (χ3n) is 2.45. The summed E-state index contributed by atoms with van der Waals surface area (Å²) in [6.07, 6.45) is 0.258. The van der Waals surface area contributed by atoms with E-state index in [9.17, 15) is 0 Å². The molecule has 0 aromatic carbocycles. The topological polar surface area (TPSA) is 21.3 Å². The molecule has 2 atom stereocenters. The van der Waals surface area contributed by atoms with Crippen LogP contribution in [-0.4, -0.2) is 12.6 Å². The molecule has 0 unspecified atom stereocenters. The third kappa shape index (κ3) is 1.64. The number of hydrogen-bond donors (Lipinski definition) is 1. The van der Waals surface area contributed by atoms with E-state index in [-0.39, 0.29) is 6.10 Å². The minimum absolute atomic E-state index is 0.258. The molecule has 0 bridgehead atoms. The van der Waals surface area contributed by atoms with Crippen LogP contribution in [0.2, 0.25) is 0 Å². The number of fused-ring (bicyclic) bond motifs is 1. The van der Waals surface area contributed by atoms with Gasteiger partial charge in [0.1, 0.15) is 6.10 Å². The molecule has 1 N–H and O–H groups in total. The first-order chi connectivity index (χ1) is 6.33. The van der Waals surface area contributed by atoms with Gasteiger partial charge in [-0.25, -0.2) is 0 Å². The van der Waals surface area contributed by atoms with Crippen molar-refractivity contribution in [3.63, 3.8) is 0 Å². The van der Waals surface area contributed by atoms with Crippen molar-refractivity contribution in [1.82, 2.24) is 5.32 Å². The molecule has 0 radical (unpaired) electrons. The molecular formula is C10H15NOS. The zero-order valence-electron chi connectivity index (χ0n) is 8.04. The molecule has 0 saturated carbocycles. The van der Waals surface area contributed by atoms with Crippen LogP contribution in [0.25, 0.3) is 0 Å². The quantitative estimate of drug-likeness (QED) is 0.785. The Morgan fingerprint density at radius 2 is 2.54 bits per heavy atom. The number of ether oxygens (including phenoxy) is 1. The predicted molar refractivity (Wildman–Crippen MR) is 55.0 cm³/mol. The summed E-state index contributed by atoms with van der Waals surface area (Å²) in [6, 6.07) is 2.62. The normalized spacial score (nSPS) is 27.2. The molecule has 0 aliphatic carbocycles. The van der Waals surface area contributed by atoms with Crippen molar-refractivity contribution in [3.8, 4) is 0 Å². The molecule has 2 heterocycles. The first-order valence-corrected chi connectivity index (χ1v) is 5.62. The SMILES string of the molecule is CCO[C@H]1c2sccc2CN[C@@H]1C. The van der Waals surface area contributed by atoms with Crippen LogP contribution in [0.1, 0.15) is 30.4 Å². The Hall–Kier alpha value is -0.380. The zero-order chi connectivity index (χ0) is 9.26. The van der Waals surface area contributed by atoms with Gasteiger partial charge in [-0.15, -0.1) is 11.3 Å². The van der Waals surface area contributed by atoms with E-state index >= 15 is 0 Å². The van der Waals surface area contributed by atoms with E-state index in [0.29, 0.717) is 6.04 Å². The second-order valence-corrected chi connectivity index (χ2v) is 4.30. The molecule has 1 aliphatic rings. The summed E-state index contributed by atoms with van der Waals surface area (Å²) in [5, 5.41) is 5.59. The van der Waals surface area contributed by atoms with Crippen LogP contribution in [0, 0.1) is 0 Å². The molecule has 1 aromatic rings. The summed E-state index contributed by atoms with van der Waals surface area (Å²) in [7, 11) is 0. The third-order valence-corrected chi connectivity index (χ3v) is 3.47. The molecule has 1 aromatic heterocycles. The van der Waals surface area contributed by atoms with E-state index in [4.69, 9.17) is 4.74 Å². The van der Waals surface area contributed by atoms with Crippen molar-refractivity contribution in [2.75, 3.05) is 6.61 Å². The number of thiophene rings is 1. The Kier molecular flexibility index (Phi) is 2.67. The maximum atomic E-state index is 5.73. The van der Waals surface area contributed by atoms with Crippen molar-refractivity contribution < 1.29 is 4.74 Å². The lowest BCUT2D eigenvalue weighted by Gasteiger charge is -2.29. The molecule has 2 rings (SSSR count). The second-order valence-electron chi connectivity index (χ2n) is 3.36. The van der Waals surface area contributed by atoms with E-state index < -0.39 is 0 Å². The van der Waals surface area contributed by atoms with Gasteiger partial charge in [0, 0.05) is 24.1 Å². The number of rotatable bonds is 2. The van der Waals surface area contributed by atoms with Gasteiger partial charge >= 0.3 is 0 Å². The Morgan fingerprint density at radius 1 is 1.69 bits per heavy atom. The Labute approximate surface area is 82.9 Å². The van der Waals surface area contributed by atoms with E-state index in [1.165, 1.54) is 10.4 Å². The van der Waals surface area contributed by atoms with Gasteiger partial charge in [-0.1, -0.05) is 0 Å². The molecule has 3 heteroatoms. The Morgan fingerprint density at radius 3 is 3.31 bits per heavy atom. The standard InChI is InChI=1S/C10H15NOS/c1-3-12-9-7(2)11-6-8-4-5-13-10(8)9/h4-5,7,9,11H,3,6H2,1-2H3/t7-,9-/m1/s1. The predicted octanol–water partition coefficient (Wildman–Crippen LogP) is 2.32. The largest absolute Gasteiger partial charge is 0.371 e. The highest BCUT2D eigenvalue weighted by Crippen LogP contribution is 2.33. The van der Waals surface area contributed by atoms with E-state index in [1.54, 1.807) is 0 Å². The van der Waals surface area contributed by atoms with Gasteiger partial charge in [0.2, 0.25) is 0 Å². The van der Waals surface area contributed by atoms with Crippen LogP contribution in [-0.2, 0) is 11.3 Å². The minimum atomic E-state index is 0.258. The first-order valence-electron chi connectivity index (χ1n) is 4.74. The van der Waals surface area contributed by atoms with Gasteiger partial charge in [0.25, 0.3) is 0 Å². The average molecular weight is 197 g/mol. The lowest BCUT2D eigenvalue weighted by Crippen LogP contribution is -2.37. The molecule has 0 amide bonds. The van der Waals surface area contributed by atoms with Gasteiger partial charge in [0.15, 0.2) is 0 Å². The van der Waals surface area contributed by atoms with Crippen molar-refractivity contribution in [1.29, 1.82) is 0 Å². The second kappa shape index (κ2) is 3.78. The molecule has 0 spiro atoms. The summed E-state index contributed by atoms with van der Waals surface area (Å²) >= 11 is 1.81. The number of hydrogen-bond acceptors (Lipinski definition) is 3. The van der Waals surface area contributed by atoms with Crippen LogP contribution >= 0.6 is 11.3 Å². The van der Waals surface area contributed by atoms with E-state index in [0.717, 1.165) is 13.2 Å². The van der Waals surface area contributed by atoms with Crippen LogP contribution in [0.5, 0.6) is 0 Å². The van der Waals surface area contributed by atoms with Gasteiger partial charge in [-0.05, 0) is 30.9 Å². The highest BCUT2D eigenvalue weighted by atomic mass is 32.1. The molecule has 0 fully saturated rings. The summed E-state index contributed by atoms with van der Waals surface area (Å²) in [4.78, 5) is 1.41. The number of nitrogens with one attached hydrogen (secondary N) is 1. The van der Waals surface area contributed by atoms with Crippen molar-refractivity contribution in [3.05, 3.63) is 21.9 Å². The van der Waals surface area contributed by atoms with Crippen molar-refractivity contribution in [2.45, 2.75) is 32.5 Å². The molecular weight excluding hydrogens is 182 g/mol. The Bertz CT molecular complexity index is 284. The van der Waals surface area contributed by atoms with Crippen LogP contribution in [0.15, 0.2) is 11.4 Å². The van der Waals surface area contributed by atoms with Crippen molar-refractivity contribution in [2.24, 2.45) is 0 Å². The molecule has 2 nitrogen and oxygen atoms in total. The van der Waals surface area contributed by atoms with E-state index in [2.05, 4.69) is 30.6 Å². The van der Waals surface area contributed by atoms with Gasteiger partial charge < -0.3 is 10.1 Å². The maximum Gasteiger partial charge on any atom is 0.107 e. The van der Waals surface area contributed by atoms with Crippen molar-refractivity contribution >= 4 is 11.3 Å². The van der Waals surface area contributed by atoms with E-state index in [1.807, 2.05) is 11.3 Å². The maximum absolute atomic E-state index is 5.73. The summed E-state index contributed by atoms with van der Waals surface area (Å²) < 4.78 is 5.73. The lowest BCUT2D eigenvalue weighted by atomic mass is 10.0. The van der Waals surface area contributed by atoms with Gasteiger partial charge in [-0.2, -0.15) is 0 Å². The molecule has 13 heavy (non-hydrogen) atoms. The highest BCUT2D eigenvalue weighted by Gasteiger charge is 2.27. The minimum Gasteiger partial charge on any atom is -0.371 e. The molecule has 0 saturated heterocycles. The molecule has 72 valence electrons. The average Bonchev–Trinajstić information content (AvgIpc) is 2.58. The van der Waals surface area contributed by atoms with Crippen LogP contribution in [0.3, 0.4) is 0 Å². The fourth-order valence-corrected chi connectivity index (χ4v) is 2.82. The molecule has 1 aliphatic heterocycles. The van der Waals surface area contributed by atoms with Gasteiger partial charge in [-0.3, -0.25) is 0 Å². The van der Waals surface area contributed by atoms with Crippen LogP contribution < -0.4 is 5.32 Å². The first kappa shape index (κ1) is 9.19.